The molecule has 0 radical (unpaired) electrons. The van der Waals surface area contributed by atoms with Gasteiger partial charge in [-0.2, -0.15) is 0 Å². The van der Waals surface area contributed by atoms with Crippen molar-refractivity contribution in [2.75, 3.05) is 0 Å². The van der Waals surface area contributed by atoms with E-state index in [2.05, 4.69) is 144 Å². The maximum absolute atomic E-state index is 6.53. The van der Waals surface area contributed by atoms with Gasteiger partial charge in [0.1, 0.15) is 16.9 Å². The molecule has 1 aliphatic carbocycles. The summed E-state index contributed by atoms with van der Waals surface area (Å²) in [6.45, 7) is 0. The maximum atomic E-state index is 6.53. The predicted molar refractivity (Wildman–Crippen MR) is 198 cm³/mol. The Morgan fingerprint density at radius 1 is 0.417 bits per heavy atom. The van der Waals surface area contributed by atoms with Crippen molar-refractivity contribution in [3.05, 3.63) is 140 Å². The first-order valence-electron chi connectivity index (χ1n) is 16.3. The fourth-order valence-electron chi connectivity index (χ4n) is 8.50. The van der Waals surface area contributed by atoms with Gasteiger partial charge in [-0.15, -0.1) is 0 Å². The van der Waals surface area contributed by atoms with Gasteiger partial charge in [0.05, 0.1) is 22.1 Å². The number of rotatable bonds is 2. The van der Waals surface area contributed by atoms with Crippen LogP contribution in [0.5, 0.6) is 0 Å². The number of benzene rings is 8. The normalized spacial score (nSPS) is 12.6. The summed E-state index contributed by atoms with van der Waals surface area (Å²) < 4.78 is 8.89. The van der Waals surface area contributed by atoms with Crippen LogP contribution in [0.3, 0.4) is 0 Å². The van der Waals surface area contributed by atoms with E-state index in [-0.39, 0.29) is 0 Å². The van der Waals surface area contributed by atoms with Gasteiger partial charge in [-0.25, -0.2) is 9.97 Å². The molecule has 48 heavy (non-hydrogen) atoms. The van der Waals surface area contributed by atoms with E-state index < -0.39 is 0 Å². The molecule has 4 heteroatoms. The largest absolute Gasteiger partial charge is 0.456 e. The van der Waals surface area contributed by atoms with Crippen LogP contribution in [0.1, 0.15) is 0 Å². The maximum Gasteiger partial charge on any atom is 0.165 e. The number of hydrogen-bond donors (Lipinski definition) is 0. The highest BCUT2D eigenvalue weighted by Crippen LogP contribution is 2.51. The van der Waals surface area contributed by atoms with Crippen molar-refractivity contribution >= 4 is 87.1 Å². The molecule has 0 amide bonds. The van der Waals surface area contributed by atoms with Gasteiger partial charge < -0.3 is 4.42 Å². The summed E-state index contributed by atoms with van der Waals surface area (Å²) >= 11 is 0. The van der Waals surface area contributed by atoms with Crippen LogP contribution in [0.2, 0.25) is 0 Å². The molecule has 4 nitrogen and oxygen atoms in total. The fourth-order valence-corrected chi connectivity index (χ4v) is 8.50. The smallest absolute Gasteiger partial charge is 0.165 e. The fraction of sp³-hybridized carbons (Fsp3) is 0. The highest BCUT2D eigenvalue weighted by Gasteiger charge is 2.28. The van der Waals surface area contributed by atoms with E-state index in [4.69, 9.17) is 14.4 Å². The quantitative estimate of drug-likeness (QED) is 0.183. The molecule has 12 rings (SSSR count). The first-order valence-corrected chi connectivity index (χ1v) is 16.3. The minimum absolute atomic E-state index is 0.818. The summed E-state index contributed by atoms with van der Waals surface area (Å²) in [4.78, 5) is 11.1. The molecule has 220 valence electrons. The second-order valence-electron chi connectivity index (χ2n) is 12.9. The van der Waals surface area contributed by atoms with E-state index in [1.165, 1.54) is 43.4 Å². The summed E-state index contributed by atoms with van der Waals surface area (Å²) in [5.74, 6) is 0.818. The summed E-state index contributed by atoms with van der Waals surface area (Å²) in [5.41, 5.74) is 10.2. The van der Waals surface area contributed by atoms with Crippen LogP contribution in [0.25, 0.3) is 115 Å². The Morgan fingerprint density at radius 3 is 1.92 bits per heavy atom. The molecular weight excluding hydrogens is 587 g/mol. The first kappa shape index (κ1) is 24.7. The van der Waals surface area contributed by atoms with Crippen molar-refractivity contribution in [1.82, 2.24) is 14.5 Å². The van der Waals surface area contributed by atoms with Gasteiger partial charge in [0, 0.05) is 32.5 Å². The van der Waals surface area contributed by atoms with Crippen LogP contribution < -0.4 is 0 Å². The van der Waals surface area contributed by atoms with Gasteiger partial charge in [-0.1, -0.05) is 109 Å². The summed E-state index contributed by atoms with van der Waals surface area (Å²) in [7, 11) is 0. The molecule has 0 bridgehead atoms. The molecule has 8 aromatic carbocycles. The third-order valence-corrected chi connectivity index (χ3v) is 10.5. The lowest BCUT2D eigenvalue weighted by Crippen LogP contribution is -2.04. The molecule has 0 N–H and O–H groups in total. The van der Waals surface area contributed by atoms with Crippen LogP contribution >= 0.6 is 0 Å². The van der Waals surface area contributed by atoms with Crippen molar-refractivity contribution < 1.29 is 4.42 Å². The number of nitrogens with zero attached hydrogens (tertiary/aromatic N) is 3. The molecular formula is C44H23N3O. The Kier molecular flexibility index (Phi) is 4.44. The zero-order chi connectivity index (χ0) is 31.1. The van der Waals surface area contributed by atoms with E-state index in [9.17, 15) is 0 Å². The Balaban J connectivity index is 1.33. The van der Waals surface area contributed by atoms with Crippen LogP contribution in [0.4, 0.5) is 0 Å². The Bertz CT molecular complexity index is 3230. The van der Waals surface area contributed by atoms with Gasteiger partial charge in [0.2, 0.25) is 0 Å². The van der Waals surface area contributed by atoms with Crippen molar-refractivity contribution in [3.8, 4) is 28.2 Å². The Morgan fingerprint density at radius 2 is 1.04 bits per heavy atom. The first-order chi connectivity index (χ1) is 23.8. The number of furan rings is 1. The predicted octanol–water partition coefficient (Wildman–Crippen LogP) is 11.7. The molecule has 0 spiro atoms. The van der Waals surface area contributed by atoms with E-state index in [0.717, 1.165) is 71.9 Å². The minimum Gasteiger partial charge on any atom is -0.456 e. The number of aromatic nitrogens is 3. The van der Waals surface area contributed by atoms with Crippen LogP contribution in [-0.4, -0.2) is 14.5 Å². The standard InChI is InChI=1S/C44H23N3O/c1-3-12-27-24(8-1)10-5-16-31(27)43-44(45-32-20-18-25-9-2-4-13-28(25)42(32)46-43)47-33-21-19-26-11-6-14-29-30-15-7-17-35-38(30)41-36(48-35)23-22-34(47)40(41)39(33)37(26)29/h1-23H. The average molecular weight is 610 g/mol. The lowest BCUT2D eigenvalue weighted by Gasteiger charge is -2.16. The van der Waals surface area contributed by atoms with Crippen molar-refractivity contribution in [1.29, 1.82) is 0 Å². The zero-order valence-electron chi connectivity index (χ0n) is 25.5. The highest BCUT2D eigenvalue weighted by molar-refractivity contribution is 6.38. The lowest BCUT2D eigenvalue weighted by molar-refractivity contribution is 0.669. The molecule has 11 aromatic rings. The van der Waals surface area contributed by atoms with E-state index >= 15 is 0 Å². The molecule has 3 heterocycles. The van der Waals surface area contributed by atoms with Crippen molar-refractivity contribution in [3.63, 3.8) is 0 Å². The molecule has 0 fully saturated rings. The minimum atomic E-state index is 0.818. The van der Waals surface area contributed by atoms with E-state index in [0.29, 0.717) is 0 Å². The van der Waals surface area contributed by atoms with Gasteiger partial charge in [0.25, 0.3) is 0 Å². The molecule has 1 aliphatic rings. The molecule has 3 aromatic heterocycles. The van der Waals surface area contributed by atoms with Gasteiger partial charge >= 0.3 is 0 Å². The van der Waals surface area contributed by atoms with Crippen LogP contribution in [0, 0.1) is 0 Å². The second-order valence-corrected chi connectivity index (χ2v) is 12.9. The molecule has 0 saturated heterocycles. The van der Waals surface area contributed by atoms with Gasteiger partial charge in [-0.3, -0.25) is 4.57 Å². The highest BCUT2D eigenvalue weighted by atomic mass is 16.3. The lowest BCUT2D eigenvalue weighted by atomic mass is 9.95. The van der Waals surface area contributed by atoms with Crippen molar-refractivity contribution in [2.45, 2.75) is 0 Å². The topological polar surface area (TPSA) is 43.9 Å². The molecule has 0 unspecified atom stereocenters. The summed E-state index contributed by atoms with van der Waals surface area (Å²) in [5, 5.41) is 11.8. The van der Waals surface area contributed by atoms with Crippen LogP contribution in [0.15, 0.2) is 144 Å². The van der Waals surface area contributed by atoms with Gasteiger partial charge in [-0.05, 0) is 68.4 Å². The van der Waals surface area contributed by atoms with Crippen LogP contribution in [-0.2, 0) is 0 Å². The monoisotopic (exact) mass is 609 g/mol. The SMILES string of the molecule is c1ccc2c(-c3nc4c(ccc5ccccc54)nc3-n3c4ccc5cccc6c5c4c4c5c(ccc43)oc3cccc-6c35)cccc2c1. The molecule has 0 saturated carbocycles. The Hall–Kier alpha value is -6.52. The Labute approximate surface area is 273 Å². The third-order valence-electron chi connectivity index (χ3n) is 10.5. The summed E-state index contributed by atoms with van der Waals surface area (Å²) in [6, 6.07) is 49.7. The van der Waals surface area contributed by atoms with E-state index in [1.54, 1.807) is 0 Å². The van der Waals surface area contributed by atoms with E-state index in [1.807, 2.05) is 0 Å². The molecule has 0 atom stereocenters. The van der Waals surface area contributed by atoms with Crippen molar-refractivity contribution in [2.24, 2.45) is 0 Å². The zero-order valence-corrected chi connectivity index (χ0v) is 25.5. The number of fused-ring (bicyclic) bond motifs is 5. The molecule has 0 aliphatic heterocycles. The second kappa shape index (κ2) is 8.64. The summed E-state index contributed by atoms with van der Waals surface area (Å²) in [6.07, 6.45) is 0. The third kappa shape index (κ3) is 2.96. The average Bonchev–Trinajstić information content (AvgIpc) is 3.65. The van der Waals surface area contributed by atoms with Gasteiger partial charge in [0.15, 0.2) is 5.82 Å². The number of hydrogen-bond acceptors (Lipinski definition) is 3.